The van der Waals surface area contributed by atoms with Gasteiger partial charge >= 0.3 is 0 Å². The molecular formula is C24H22ClN3O. The van der Waals surface area contributed by atoms with Crippen molar-refractivity contribution in [2.24, 2.45) is 0 Å². The minimum absolute atomic E-state index is 0.0616. The van der Waals surface area contributed by atoms with Crippen LogP contribution in [0.1, 0.15) is 29.3 Å². The van der Waals surface area contributed by atoms with E-state index in [0.717, 1.165) is 35.3 Å². The van der Waals surface area contributed by atoms with Gasteiger partial charge < -0.3 is 10.3 Å². The summed E-state index contributed by atoms with van der Waals surface area (Å²) < 4.78 is 0. The maximum atomic E-state index is 12.5. The first-order valence-electron chi connectivity index (χ1n) is 9.69. The Morgan fingerprint density at radius 1 is 1.07 bits per heavy atom. The van der Waals surface area contributed by atoms with Gasteiger partial charge in [0.25, 0.3) is 5.91 Å². The third kappa shape index (κ3) is 4.66. The fourth-order valence-corrected chi connectivity index (χ4v) is 3.48. The molecule has 0 aliphatic rings. The van der Waals surface area contributed by atoms with Crippen molar-refractivity contribution in [2.45, 2.75) is 25.8 Å². The molecule has 3 aromatic carbocycles. The lowest BCUT2D eigenvalue weighted by Crippen LogP contribution is -2.32. The van der Waals surface area contributed by atoms with Crippen molar-refractivity contribution in [2.75, 3.05) is 0 Å². The SMILES string of the molecule is CC(CCc1ccccc1)NC(=O)c1ccc(-c2nc3ccc(Cl)cc3[nH]2)cc1. The number of hydrogen-bond acceptors (Lipinski definition) is 2. The Bertz CT molecular complexity index is 1120. The first-order chi connectivity index (χ1) is 14.1. The van der Waals surface area contributed by atoms with Crippen LogP contribution >= 0.6 is 11.6 Å². The second kappa shape index (κ2) is 8.50. The highest BCUT2D eigenvalue weighted by Gasteiger charge is 2.11. The van der Waals surface area contributed by atoms with Gasteiger partial charge in [-0.2, -0.15) is 0 Å². The third-order valence-electron chi connectivity index (χ3n) is 4.95. The quantitative estimate of drug-likeness (QED) is 0.438. The van der Waals surface area contributed by atoms with Crippen molar-refractivity contribution in [3.63, 3.8) is 0 Å². The molecule has 4 rings (SSSR count). The average molecular weight is 404 g/mol. The highest BCUT2D eigenvalue weighted by molar-refractivity contribution is 6.31. The Hall–Kier alpha value is -3.11. The van der Waals surface area contributed by atoms with Gasteiger partial charge in [-0.1, -0.05) is 54.1 Å². The molecule has 1 atom stereocenters. The summed E-state index contributed by atoms with van der Waals surface area (Å²) >= 11 is 6.04. The molecule has 1 unspecified atom stereocenters. The van der Waals surface area contributed by atoms with Gasteiger partial charge in [0.1, 0.15) is 5.82 Å². The maximum Gasteiger partial charge on any atom is 0.251 e. The highest BCUT2D eigenvalue weighted by Crippen LogP contribution is 2.23. The normalized spacial score (nSPS) is 12.1. The number of halogens is 1. The molecule has 0 aliphatic heterocycles. The van der Waals surface area contributed by atoms with Crippen LogP contribution in [0.25, 0.3) is 22.4 Å². The number of fused-ring (bicyclic) bond motifs is 1. The molecular weight excluding hydrogens is 382 g/mol. The van der Waals surface area contributed by atoms with Crippen LogP contribution in [-0.4, -0.2) is 21.9 Å². The fraction of sp³-hybridized carbons (Fsp3) is 0.167. The van der Waals surface area contributed by atoms with Gasteiger partial charge in [0.15, 0.2) is 0 Å². The first-order valence-corrected chi connectivity index (χ1v) is 10.1. The molecule has 1 aromatic heterocycles. The van der Waals surface area contributed by atoms with E-state index in [1.165, 1.54) is 5.56 Å². The van der Waals surface area contributed by atoms with E-state index in [1.807, 2.05) is 67.6 Å². The average Bonchev–Trinajstić information content (AvgIpc) is 3.16. The first kappa shape index (κ1) is 19.2. The van der Waals surface area contributed by atoms with Gasteiger partial charge in [-0.05, 0) is 55.7 Å². The number of nitrogens with zero attached hydrogens (tertiary/aromatic N) is 1. The van der Waals surface area contributed by atoms with Gasteiger partial charge in [-0.15, -0.1) is 0 Å². The molecule has 4 aromatic rings. The Kier molecular flexibility index (Phi) is 5.63. The second-order valence-corrected chi connectivity index (χ2v) is 7.66. The molecule has 1 amide bonds. The molecule has 0 saturated carbocycles. The smallest absolute Gasteiger partial charge is 0.251 e. The summed E-state index contributed by atoms with van der Waals surface area (Å²) in [5.41, 5.74) is 4.59. The number of rotatable bonds is 6. The minimum atomic E-state index is -0.0616. The fourth-order valence-electron chi connectivity index (χ4n) is 3.31. The number of imidazole rings is 1. The van der Waals surface area contributed by atoms with Gasteiger partial charge in [0.05, 0.1) is 11.0 Å². The summed E-state index contributed by atoms with van der Waals surface area (Å²) in [6.45, 7) is 2.04. The lowest BCUT2D eigenvalue weighted by molar-refractivity contribution is 0.0938. The van der Waals surface area contributed by atoms with E-state index < -0.39 is 0 Å². The van der Waals surface area contributed by atoms with Crippen molar-refractivity contribution in [3.05, 3.63) is 88.9 Å². The number of amides is 1. The molecule has 0 radical (unpaired) electrons. The van der Waals surface area contributed by atoms with E-state index in [9.17, 15) is 4.79 Å². The summed E-state index contributed by atoms with van der Waals surface area (Å²) in [4.78, 5) is 20.4. The van der Waals surface area contributed by atoms with Gasteiger partial charge in [0.2, 0.25) is 0 Å². The van der Waals surface area contributed by atoms with Crippen LogP contribution in [0.15, 0.2) is 72.8 Å². The third-order valence-corrected chi connectivity index (χ3v) is 5.19. The minimum Gasteiger partial charge on any atom is -0.350 e. The van der Waals surface area contributed by atoms with Crippen LogP contribution in [0.5, 0.6) is 0 Å². The van der Waals surface area contributed by atoms with Gasteiger partial charge in [-0.25, -0.2) is 4.98 Å². The second-order valence-electron chi connectivity index (χ2n) is 7.22. The molecule has 0 spiro atoms. The van der Waals surface area contributed by atoms with Crippen molar-refractivity contribution < 1.29 is 4.79 Å². The van der Waals surface area contributed by atoms with Crippen molar-refractivity contribution in [3.8, 4) is 11.4 Å². The molecule has 0 saturated heterocycles. The summed E-state index contributed by atoms with van der Waals surface area (Å²) in [7, 11) is 0. The lowest BCUT2D eigenvalue weighted by Gasteiger charge is -2.14. The maximum absolute atomic E-state index is 12.5. The Morgan fingerprint density at radius 3 is 2.59 bits per heavy atom. The molecule has 4 nitrogen and oxygen atoms in total. The molecule has 2 N–H and O–H groups in total. The zero-order valence-corrected chi connectivity index (χ0v) is 16.9. The Balaban J connectivity index is 1.39. The van der Waals surface area contributed by atoms with E-state index in [0.29, 0.717) is 10.6 Å². The zero-order chi connectivity index (χ0) is 20.2. The number of benzene rings is 3. The molecule has 1 heterocycles. The van der Waals surface area contributed by atoms with Gasteiger partial charge in [0, 0.05) is 22.2 Å². The van der Waals surface area contributed by atoms with Gasteiger partial charge in [-0.3, -0.25) is 4.79 Å². The summed E-state index contributed by atoms with van der Waals surface area (Å²) in [5, 5.41) is 3.74. The Morgan fingerprint density at radius 2 is 1.83 bits per heavy atom. The van der Waals surface area contributed by atoms with E-state index in [1.54, 1.807) is 0 Å². The number of carbonyl (C=O) groups is 1. The number of nitrogens with one attached hydrogen (secondary N) is 2. The molecule has 0 fully saturated rings. The molecule has 0 aliphatic carbocycles. The molecule has 5 heteroatoms. The van der Waals surface area contributed by atoms with E-state index in [4.69, 9.17) is 11.6 Å². The largest absolute Gasteiger partial charge is 0.350 e. The van der Waals surface area contributed by atoms with Crippen molar-refractivity contribution in [1.29, 1.82) is 0 Å². The number of H-pyrrole nitrogens is 1. The molecule has 29 heavy (non-hydrogen) atoms. The topological polar surface area (TPSA) is 57.8 Å². The van der Waals surface area contributed by atoms with Crippen LogP contribution in [0.2, 0.25) is 5.02 Å². The predicted octanol–water partition coefficient (Wildman–Crippen LogP) is 5.63. The number of aromatic amines is 1. The number of aromatic nitrogens is 2. The van der Waals surface area contributed by atoms with Crippen LogP contribution in [0, 0.1) is 0 Å². The van der Waals surface area contributed by atoms with Crippen LogP contribution in [-0.2, 0) is 6.42 Å². The van der Waals surface area contributed by atoms with Crippen molar-refractivity contribution >= 4 is 28.5 Å². The molecule has 146 valence electrons. The van der Waals surface area contributed by atoms with E-state index in [2.05, 4.69) is 27.4 Å². The summed E-state index contributed by atoms with van der Waals surface area (Å²) in [5.74, 6) is 0.693. The molecule has 0 bridgehead atoms. The van der Waals surface area contributed by atoms with Crippen LogP contribution < -0.4 is 5.32 Å². The van der Waals surface area contributed by atoms with Crippen LogP contribution in [0.3, 0.4) is 0 Å². The van der Waals surface area contributed by atoms with Crippen LogP contribution in [0.4, 0.5) is 0 Å². The Labute approximate surface area is 174 Å². The number of aryl methyl sites for hydroxylation is 1. The highest BCUT2D eigenvalue weighted by atomic mass is 35.5. The van der Waals surface area contributed by atoms with Crippen molar-refractivity contribution in [1.82, 2.24) is 15.3 Å². The zero-order valence-electron chi connectivity index (χ0n) is 16.2. The number of hydrogen-bond donors (Lipinski definition) is 2. The predicted molar refractivity (Wildman–Crippen MR) is 118 cm³/mol. The van der Waals surface area contributed by atoms with E-state index >= 15 is 0 Å². The summed E-state index contributed by atoms with van der Waals surface area (Å²) in [6, 6.07) is 23.4. The van der Waals surface area contributed by atoms with E-state index in [-0.39, 0.29) is 11.9 Å². The number of carbonyl (C=O) groups excluding carboxylic acids is 1. The summed E-state index contributed by atoms with van der Waals surface area (Å²) in [6.07, 6.45) is 1.84. The standard InChI is InChI=1S/C24H22ClN3O/c1-16(7-8-17-5-3-2-4-6-17)26-24(29)19-11-9-18(10-12-19)23-27-21-14-13-20(25)15-22(21)28-23/h2-6,9-16H,7-8H2,1H3,(H,26,29)(H,27,28). The monoisotopic (exact) mass is 403 g/mol. The lowest BCUT2D eigenvalue weighted by atomic mass is 10.1.